The Kier molecular flexibility index (Phi) is 4.99. The van der Waals surface area contributed by atoms with E-state index in [-0.39, 0.29) is 11.9 Å². The van der Waals surface area contributed by atoms with E-state index in [0.29, 0.717) is 11.6 Å². The Morgan fingerprint density at radius 3 is 2.80 bits per heavy atom. The van der Waals surface area contributed by atoms with Crippen molar-refractivity contribution >= 4 is 11.7 Å². The molecule has 0 aromatic carbocycles. The lowest BCUT2D eigenvalue weighted by molar-refractivity contribution is 0.0921. The van der Waals surface area contributed by atoms with Crippen LogP contribution >= 0.6 is 0 Å². The number of carbonyl (C=O) groups excluding carboxylic acids is 1. The Balaban J connectivity index is 2.00. The van der Waals surface area contributed by atoms with Gasteiger partial charge in [0.1, 0.15) is 11.5 Å². The molecule has 1 aromatic heterocycles. The van der Waals surface area contributed by atoms with Crippen LogP contribution in [-0.4, -0.2) is 23.5 Å². The highest BCUT2D eigenvalue weighted by Gasteiger charge is 2.32. The molecule has 1 saturated carbocycles. The molecule has 0 bridgehead atoms. The molecule has 3 unspecified atom stereocenters. The van der Waals surface area contributed by atoms with Crippen LogP contribution in [0.3, 0.4) is 0 Å². The van der Waals surface area contributed by atoms with E-state index < -0.39 is 0 Å². The van der Waals surface area contributed by atoms with Crippen LogP contribution in [-0.2, 0) is 0 Å². The first kappa shape index (κ1) is 14.8. The monoisotopic (exact) mass is 275 g/mol. The van der Waals surface area contributed by atoms with Gasteiger partial charge in [0.25, 0.3) is 5.91 Å². The van der Waals surface area contributed by atoms with Crippen molar-refractivity contribution in [2.75, 3.05) is 11.9 Å². The minimum absolute atomic E-state index is 0.0571. The van der Waals surface area contributed by atoms with E-state index in [0.717, 1.165) is 24.7 Å². The largest absolute Gasteiger partial charge is 0.370 e. The zero-order valence-corrected chi connectivity index (χ0v) is 12.6. The average Bonchev–Trinajstić information content (AvgIpc) is 2.80. The van der Waals surface area contributed by atoms with Crippen LogP contribution in [0.1, 0.15) is 50.5 Å². The van der Waals surface area contributed by atoms with Crippen molar-refractivity contribution in [3.63, 3.8) is 0 Å². The summed E-state index contributed by atoms with van der Waals surface area (Å²) in [5.74, 6) is 1.99. The molecule has 1 amide bonds. The second kappa shape index (κ2) is 6.73. The number of carbonyl (C=O) groups is 1. The van der Waals surface area contributed by atoms with Gasteiger partial charge in [-0.15, -0.1) is 0 Å². The molecule has 1 aliphatic carbocycles. The van der Waals surface area contributed by atoms with Gasteiger partial charge in [-0.25, -0.2) is 4.98 Å². The number of hydrogen-bond donors (Lipinski definition) is 2. The Morgan fingerprint density at radius 2 is 2.15 bits per heavy atom. The second-order valence-electron chi connectivity index (χ2n) is 5.62. The first-order valence-corrected chi connectivity index (χ1v) is 7.67. The van der Waals surface area contributed by atoms with Crippen LogP contribution in [0.5, 0.6) is 0 Å². The van der Waals surface area contributed by atoms with Crippen molar-refractivity contribution in [3.8, 4) is 0 Å². The first-order valence-electron chi connectivity index (χ1n) is 7.67. The first-order chi connectivity index (χ1) is 9.65. The lowest BCUT2D eigenvalue weighted by Gasteiger charge is -2.20. The predicted molar refractivity (Wildman–Crippen MR) is 81.8 cm³/mol. The van der Waals surface area contributed by atoms with Gasteiger partial charge in [-0.2, -0.15) is 0 Å². The molecular formula is C16H25N3O. The Labute approximate surface area is 121 Å². The summed E-state index contributed by atoms with van der Waals surface area (Å²) in [5, 5.41) is 6.28. The number of amides is 1. The van der Waals surface area contributed by atoms with Gasteiger partial charge in [0.15, 0.2) is 0 Å². The molecule has 2 N–H and O–H groups in total. The highest BCUT2D eigenvalue weighted by molar-refractivity contribution is 5.92. The Morgan fingerprint density at radius 1 is 1.35 bits per heavy atom. The molecular weight excluding hydrogens is 250 g/mol. The van der Waals surface area contributed by atoms with Crippen LogP contribution in [0.15, 0.2) is 18.2 Å². The standard InChI is InChI=1S/C16H25N3O/c1-4-12-9-10-13(11(12)3)19-16(20)14-7-6-8-15(18-14)17-5-2/h6-8,11-13H,4-5,9-10H2,1-3H3,(H,17,18)(H,19,20). The van der Waals surface area contributed by atoms with Gasteiger partial charge >= 0.3 is 0 Å². The third-order valence-electron chi connectivity index (χ3n) is 4.41. The van der Waals surface area contributed by atoms with Gasteiger partial charge < -0.3 is 10.6 Å². The maximum atomic E-state index is 12.3. The summed E-state index contributed by atoms with van der Waals surface area (Å²) in [4.78, 5) is 16.6. The molecule has 2 rings (SSSR count). The number of anilines is 1. The third-order valence-corrected chi connectivity index (χ3v) is 4.41. The highest BCUT2D eigenvalue weighted by atomic mass is 16.1. The number of nitrogens with zero attached hydrogens (tertiary/aromatic N) is 1. The Hall–Kier alpha value is -1.58. The highest BCUT2D eigenvalue weighted by Crippen LogP contribution is 2.33. The lowest BCUT2D eigenvalue weighted by atomic mass is 9.93. The third kappa shape index (κ3) is 3.30. The number of nitrogens with one attached hydrogen (secondary N) is 2. The molecule has 110 valence electrons. The summed E-state index contributed by atoms with van der Waals surface area (Å²) >= 11 is 0. The minimum Gasteiger partial charge on any atom is -0.370 e. The summed E-state index contributed by atoms with van der Waals surface area (Å²) in [6, 6.07) is 5.81. The van der Waals surface area contributed by atoms with E-state index in [9.17, 15) is 4.79 Å². The zero-order chi connectivity index (χ0) is 14.5. The molecule has 1 heterocycles. The van der Waals surface area contributed by atoms with Gasteiger partial charge in [-0.05, 0) is 43.7 Å². The maximum absolute atomic E-state index is 12.3. The smallest absolute Gasteiger partial charge is 0.270 e. The van der Waals surface area contributed by atoms with Crippen molar-refractivity contribution in [2.24, 2.45) is 11.8 Å². The molecule has 1 aromatic rings. The molecule has 1 fully saturated rings. The average molecular weight is 275 g/mol. The fourth-order valence-electron chi connectivity index (χ4n) is 3.11. The van der Waals surface area contributed by atoms with Gasteiger partial charge in [-0.3, -0.25) is 4.79 Å². The SMILES string of the molecule is CCNc1cccc(C(=O)NC2CCC(CC)C2C)n1. The normalized spacial score (nSPS) is 25.4. The molecule has 0 radical (unpaired) electrons. The Bertz CT molecular complexity index is 461. The molecule has 20 heavy (non-hydrogen) atoms. The zero-order valence-electron chi connectivity index (χ0n) is 12.6. The predicted octanol–water partition coefficient (Wildman–Crippen LogP) is 3.07. The lowest BCUT2D eigenvalue weighted by Crippen LogP contribution is -2.37. The van der Waals surface area contributed by atoms with Crippen LogP contribution in [0, 0.1) is 11.8 Å². The molecule has 0 saturated heterocycles. The molecule has 4 heteroatoms. The molecule has 0 aliphatic heterocycles. The quantitative estimate of drug-likeness (QED) is 0.868. The fourth-order valence-corrected chi connectivity index (χ4v) is 3.11. The van der Waals surface area contributed by atoms with Crippen LogP contribution in [0.2, 0.25) is 0 Å². The molecule has 4 nitrogen and oxygen atoms in total. The summed E-state index contributed by atoms with van der Waals surface area (Å²) in [6.45, 7) is 7.29. The maximum Gasteiger partial charge on any atom is 0.270 e. The molecule has 1 aliphatic rings. The number of rotatable bonds is 5. The summed E-state index contributed by atoms with van der Waals surface area (Å²) in [5.41, 5.74) is 0.496. The second-order valence-corrected chi connectivity index (χ2v) is 5.62. The van der Waals surface area contributed by atoms with E-state index in [4.69, 9.17) is 0 Å². The summed E-state index contributed by atoms with van der Waals surface area (Å²) in [6.07, 6.45) is 3.49. The van der Waals surface area contributed by atoms with Crippen molar-refractivity contribution in [2.45, 2.75) is 46.1 Å². The van der Waals surface area contributed by atoms with E-state index >= 15 is 0 Å². The van der Waals surface area contributed by atoms with E-state index in [1.54, 1.807) is 6.07 Å². The topological polar surface area (TPSA) is 54.0 Å². The molecule has 3 atom stereocenters. The summed E-state index contributed by atoms with van der Waals surface area (Å²) in [7, 11) is 0. The van der Waals surface area contributed by atoms with Gasteiger partial charge in [0.2, 0.25) is 0 Å². The van der Waals surface area contributed by atoms with Crippen molar-refractivity contribution in [3.05, 3.63) is 23.9 Å². The van der Waals surface area contributed by atoms with Gasteiger partial charge in [0, 0.05) is 12.6 Å². The van der Waals surface area contributed by atoms with E-state index in [1.807, 2.05) is 19.1 Å². The number of pyridine rings is 1. The van der Waals surface area contributed by atoms with Gasteiger partial charge in [0.05, 0.1) is 0 Å². The van der Waals surface area contributed by atoms with Crippen molar-refractivity contribution in [1.29, 1.82) is 0 Å². The van der Waals surface area contributed by atoms with Gasteiger partial charge in [-0.1, -0.05) is 26.3 Å². The summed E-state index contributed by atoms with van der Waals surface area (Å²) < 4.78 is 0. The van der Waals surface area contributed by atoms with E-state index in [1.165, 1.54) is 12.8 Å². The number of aromatic nitrogens is 1. The van der Waals surface area contributed by atoms with E-state index in [2.05, 4.69) is 29.5 Å². The number of hydrogen-bond acceptors (Lipinski definition) is 3. The minimum atomic E-state index is -0.0571. The molecule has 0 spiro atoms. The van der Waals surface area contributed by atoms with Crippen molar-refractivity contribution < 1.29 is 4.79 Å². The van der Waals surface area contributed by atoms with Crippen LogP contribution in [0.4, 0.5) is 5.82 Å². The van der Waals surface area contributed by atoms with Crippen molar-refractivity contribution in [1.82, 2.24) is 10.3 Å². The van der Waals surface area contributed by atoms with Crippen LogP contribution < -0.4 is 10.6 Å². The van der Waals surface area contributed by atoms with Crippen LogP contribution in [0.25, 0.3) is 0 Å². The fraction of sp³-hybridized carbons (Fsp3) is 0.625.